The van der Waals surface area contributed by atoms with Gasteiger partial charge in [-0.3, -0.25) is 4.90 Å². The van der Waals surface area contributed by atoms with E-state index in [2.05, 4.69) is 64.2 Å². The Balaban J connectivity index is 1.32. The molecule has 28 heavy (non-hydrogen) atoms. The highest BCUT2D eigenvalue weighted by atomic mass is 35.5. The minimum Gasteiger partial charge on any atom is -0.369 e. The third-order valence-electron chi connectivity index (χ3n) is 5.55. The molecule has 1 N–H and O–H groups in total. The van der Waals surface area contributed by atoms with Crippen LogP contribution in [0.1, 0.15) is 11.3 Å². The number of nitrogens with zero attached hydrogens (tertiary/aromatic N) is 2. The Bertz CT molecular complexity index is 928. The van der Waals surface area contributed by atoms with Crippen molar-refractivity contribution in [1.29, 1.82) is 0 Å². The van der Waals surface area contributed by atoms with Crippen molar-refractivity contribution in [2.45, 2.75) is 13.3 Å². The molecule has 1 saturated heterocycles. The number of aromatic amines is 1. The second-order valence-electron chi connectivity index (χ2n) is 7.38. The summed E-state index contributed by atoms with van der Waals surface area (Å²) in [6, 6.07) is 18.7. The number of benzene rings is 2. The second-order valence-corrected chi connectivity index (χ2v) is 8.19. The van der Waals surface area contributed by atoms with Crippen LogP contribution in [0.5, 0.6) is 0 Å². The summed E-state index contributed by atoms with van der Waals surface area (Å²) in [4.78, 5) is 8.46. The van der Waals surface area contributed by atoms with Crippen LogP contribution < -0.4 is 4.90 Å². The molecule has 0 saturated carbocycles. The molecule has 0 unspecified atom stereocenters. The van der Waals surface area contributed by atoms with Crippen LogP contribution in [0.25, 0.3) is 11.3 Å². The Morgan fingerprint density at radius 1 is 0.893 bits per heavy atom. The molecule has 0 spiro atoms. The Kier molecular flexibility index (Phi) is 5.96. The first-order valence-electron chi connectivity index (χ1n) is 9.76. The van der Waals surface area contributed by atoms with Crippen LogP contribution in [0, 0.1) is 6.92 Å². The predicted molar refractivity (Wildman–Crippen MR) is 120 cm³/mol. The number of hydrogen-bond acceptors (Lipinski definition) is 2. The number of rotatable bonds is 5. The monoisotopic (exact) mass is 413 g/mol. The zero-order valence-electron chi connectivity index (χ0n) is 16.1. The summed E-state index contributed by atoms with van der Waals surface area (Å²) in [7, 11) is 0. The summed E-state index contributed by atoms with van der Waals surface area (Å²) in [6.07, 6.45) is 1.07. The Hall–Kier alpha value is -1.94. The number of hydrogen-bond donors (Lipinski definition) is 1. The Morgan fingerprint density at radius 2 is 1.64 bits per heavy atom. The van der Waals surface area contributed by atoms with Gasteiger partial charge in [-0.05, 0) is 48.7 Å². The molecule has 1 aliphatic rings. The van der Waals surface area contributed by atoms with Crippen molar-refractivity contribution >= 4 is 28.9 Å². The fourth-order valence-electron chi connectivity index (χ4n) is 3.82. The van der Waals surface area contributed by atoms with Gasteiger partial charge in [0.05, 0.1) is 10.0 Å². The van der Waals surface area contributed by atoms with Crippen LogP contribution in [-0.4, -0.2) is 42.6 Å². The zero-order valence-corrected chi connectivity index (χ0v) is 17.6. The van der Waals surface area contributed by atoms with Crippen molar-refractivity contribution in [2.24, 2.45) is 0 Å². The molecule has 0 aliphatic carbocycles. The van der Waals surface area contributed by atoms with Crippen molar-refractivity contribution < 1.29 is 0 Å². The molecule has 3 aromatic rings. The maximum Gasteiger partial charge on any atom is 0.0612 e. The van der Waals surface area contributed by atoms with Gasteiger partial charge >= 0.3 is 0 Å². The van der Waals surface area contributed by atoms with E-state index in [9.17, 15) is 0 Å². The van der Waals surface area contributed by atoms with Crippen LogP contribution in [0.3, 0.4) is 0 Å². The molecular formula is C23H25Cl2N3. The lowest BCUT2D eigenvalue weighted by Crippen LogP contribution is -2.47. The van der Waals surface area contributed by atoms with Crippen LogP contribution in [0.4, 0.5) is 5.69 Å². The molecule has 1 aromatic heterocycles. The van der Waals surface area contributed by atoms with Crippen molar-refractivity contribution in [2.75, 3.05) is 37.6 Å². The van der Waals surface area contributed by atoms with E-state index in [-0.39, 0.29) is 0 Å². The van der Waals surface area contributed by atoms with E-state index in [4.69, 9.17) is 23.2 Å². The summed E-state index contributed by atoms with van der Waals surface area (Å²) in [5.74, 6) is 0. The summed E-state index contributed by atoms with van der Waals surface area (Å²) in [5.41, 5.74) is 6.28. The topological polar surface area (TPSA) is 22.3 Å². The summed E-state index contributed by atoms with van der Waals surface area (Å²) in [5, 5.41) is 1.24. The van der Waals surface area contributed by atoms with E-state index >= 15 is 0 Å². The fourth-order valence-corrected chi connectivity index (χ4v) is 4.12. The van der Waals surface area contributed by atoms with E-state index in [1.807, 2.05) is 12.1 Å². The van der Waals surface area contributed by atoms with Gasteiger partial charge in [0.25, 0.3) is 0 Å². The van der Waals surface area contributed by atoms with E-state index in [1.165, 1.54) is 22.5 Å². The van der Waals surface area contributed by atoms with Gasteiger partial charge in [-0.2, -0.15) is 0 Å². The normalized spacial score (nSPS) is 15.2. The third-order valence-corrected chi connectivity index (χ3v) is 6.28. The number of piperazine rings is 1. The molecule has 1 aliphatic heterocycles. The first kappa shape index (κ1) is 19.4. The molecule has 0 amide bonds. The lowest BCUT2D eigenvalue weighted by Gasteiger charge is -2.36. The smallest absolute Gasteiger partial charge is 0.0612 e. The highest BCUT2D eigenvalue weighted by molar-refractivity contribution is 6.42. The van der Waals surface area contributed by atoms with E-state index in [0.717, 1.165) is 44.8 Å². The molecule has 4 rings (SSSR count). The molecule has 3 nitrogen and oxygen atoms in total. The number of aromatic nitrogens is 1. The van der Waals surface area contributed by atoms with Crippen LogP contribution in [0.15, 0.2) is 54.6 Å². The highest BCUT2D eigenvalue weighted by Gasteiger charge is 2.18. The van der Waals surface area contributed by atoms with E-state index in [1.54, 1.807) is 0 Å². The van der Waals surface area contributed by atoms with Gasteiger partial charge < -0.3 is 9.88 Å². The number of halogens is 2. The summed E-state index contributed by atoms with van der Waals surface area (Å²) < 4.78 is 0. The van der Waals surface area contributed by atoms with Crippen molar-refractivity contribution in [1.82, 2.24) is 9.88 Å². The maximum absolute atomic E-state index is 6.17. The van der Waals surface area contributed by atoms with Crippen LogP contribution >= 0.6 is 23.2 Å². The molecule has 0 atom stereocenters. The molecule has 2 heterocycles. The third kappa shape index (κ3) is 4.38. The van der Waals surface area contributed by atoms with Crippen LogP contribution in [-0.2, 0) is 6.42 Å². The van der Waals surface area contributed by atoms with Gasteiger partial charge in [0.2, 0.25) is 0 Å². The lowest BCUT2D eigenvalue weighted by molar-refractivity contribution is 0.261. The van der Waals surface area contributed by atoms with Gasteiger partial charge in [0, 0.05) is 49.8 Å². The minimum atomic E-state index is 0.612. The molecule has 5 heteroatoms. The first-order valence-corrected chi connectivity index (χ1v) is 10.5. The second kappa shape index (κ2) is 8.60. The van der Waals surface area contributed by atoms with Crippen LogP contribution in [0.2, 0.25) is 10.0 Å². The highest BCUT2D eigenvalue weighted by Crippen LogP contribution is 2.28. The number of anilines is 1. The summed E-state index contributed by atoms with van der Waals surface area (Å²) in [6.45, 7) is 7.41. The van der Waals surface area contributed by atoms with Crippen molar-refractivity contribution in [3.63, 3.8) is 0 Å². The molecule has 1 fully saturated rings. The molecule has 0 bridgehead atoms. The van der Waals surface area contributed by atoms with Crippen molar-refractivity contribution in [3.05, 3.63) is 75.9 Å². The van der Waals surface area contributed by atoms with Gasteiger partial charge in [0.1, 0.15) is 0 Å². The molecule has 2 aromatic carbocycles. The lowest BCUT2D eigenvalue weighted by atomic mass is 10.1. The molecule has 146 valence electrons. The quantitative estimate of drug-likeness (QED) is 0.582. The fraction of sp³-hybridized carbons (Fsp3) is 0.304. The minimum absolute atomic E-state index is 0.612. The van der Waals surface area contributed by atoms with Gasteiger partial charge in [-0.15, -0.1) is 0 Å². The number of aryl methyl sites for hydroxylation is 1. The van der Waals surface area contributed by atoms with E-state index in [0.29, 0.717) is 10.0 Å². The number of H-pyrrole nitrogens is 1. The van der Waals surface area contributed by atoms with Gasteiger partial charge in [0.15, 0.2) is 0 Å². The van der Waals surface area contributed by atoms with E-state index < -0.39 is 0 Å². The maximum atomic E-state index is 6.17. The molecule has 0 radical (unpaired) electrons. The average molecular weight is 414 g/mol. The average Bonchev–Trinajstić information content (AvgIpc) is 3.10. The SMILES string of the molecule is Cc1[nH]c(-c2ccccc2)cc1CCN1CCN(c2ccc(Cl)c(Cl)c2)CC1. The zero-order chi connectivity index (χ0) is 19.5. The predicted octanol–water partition coefficient (Wildman–Crippen LogP) is 5.66. The summed E-state index contributed by atoms with van der Waals surface area (Å²) >= 11 is 12.2. The Morgan fingerprint density at radius 3 is 2.36 bits per heavy atom. The van der Waals surface area contributed by atoms with Gasteiger partial charge in [-0.25, -0.2) is 0 Å². The number of nitrogens with one attached hydrogen (secondary N) is 1. The van der Waals surface area contributed by atoms with Gasteiger partial charge in [-0.1, -0.05) is 53.5 Å². The molecular weight excluding hydrogens is 389 g/mol. The first-order chi connectivity index (χ1) is 13.6. The standard InChI is InChI=1S/C23H25Cl2N3/c1-17-19(15-23(26-17)18-5-3-2-4-6-18)9-10-27-11-13-28(14-12-27)20-7-8-21(24)22(25)16-20/h2-8,15-16,26H,9-14H2,1H3. The largest absolute Gasteiger partial charge is 0.369 e. The Labute approximate surface area is 176 Å². The van der Waals surface area contributed by atoms with Crippen molar-refractivity contribution in [3.8, 4) is 11.3 Å².